The highest BCUT2D eigenvalue weighted by Gasteiger charge is 2.44. The number of hydrogen-bond acceptors (Lipinski definition) is 2. The second-order valence-electron chi connectivity index (χ2n) is 6.92. The molecule has 0 bridgehead atoms. The molecular formula is C14H26O2. The van der Waals surface area contributed by atoms with E-state index in [0.29, 0.717) is 0 Å². The van der Waals surface area contributed by atoms with Crippen LogP contribution in [0.1, 0.15) is 67.2 Å². The zero-order valence-electron chi connectivity index (χ0n) is 11.6. The third kappa shape index (κ3) is 2.58. The SMILES string of the molecule is CC1(OC(=O)C(C)(C)C(C)(C)C)CCCC1. The van der Waals surface area contributed by atoms with Gasteiger partial charge in [0.2, 0.25) is 0 Å². The average Bonchev–Trinajstić information content (AvgIpc) is 2.49. The monoisotopic (exact) mass is 226 g/mol. The van der Waals surface area contributed by atoms with E-state index < -0.39 is 5.41 Å². The van der Waals surface area contributed by atoms with Crippen molar-refractivity contribution in [3.8, 4) is 0 Å². The van der Waals surface area contributed by atoms with E-state index in [-0.39, 0.29) is 17.0 Å². The van der Waals surface area contributed by atoms with Crippen molar-refractivity contribution in [1.82, 2.24) is 0 Å². The van der Waals surface area contributed by atoms with Gasteiger partial charge in [-0.3, -0.25) is 4.79 Å². The van der Waals surface area contributed by atoms with E-state index >= 15 is 0 Å². The number of carbonyl (C=O) groups excluding carboxylic acids is 1. The van der Waals surface area contributed by atoms with Gasteiger partial charge in [0, 0.05) is 0 Å². The number of carbonyl (C=O) groups is 1. The van der Waals surface area contributed by atoms with Gasteiger partial charge < -0.3 is 4.74 Å². The Balaban J connectivity index is 2.72. The van der Waals surface area contributed by atoms with Crippen molar-refractivity contribution in [3.05, 3.63) is 0 Å². The Kier molecular flexibility index (Phi) is 3.42. The minimum atomic E-state index is -0.432. The van der Waals surface area contributed by atoms with E-state index in [9.17, 15) is 4.79 Å². The molecular weight excluding hydrogens is 200 g/mol. The Bertz CT molecular complexity index is 265. The Hall–Kier alpha value is -0.530. The quantitative estimate of drug-likeness (QED) is 0.667. The van der Waals surface area contributed by atoms with Crippen LogP contribution in [0.15, 0.2) is 0 Å². The van der Waals surface area contributed by atoms with Gasteiger partial charge in [0.15, 0.2) is 0 Å². The predicted molar refractivity (Wildman–Crippen MR) is 66.2 cm³/mol. The normalized spacial score (nSPS) is 20.9. The van der Waals surface area contributed by atoms with Crippen LogP contribution in [0.5, 0.6) is 0 Å². The Morgan fingerprint density at radius 1 is 1.06 bits per heavy atom. The largest absolute Gasteiger partial charge is 0.459 e. The molecule has 0 N–H and O–H groups in total. The number of hydrogen-bond donors (Lipinski definition) is 0. The smallest absolute Gasteiger partial charge is 0.312 e. The van der Waals surface area contributed by atoms with Gasteiger partial charge in [0.1, 0.15) is 5.60 Å². The standard InChI is InChI=1S/C14H26O2/c1-12(2,3)13(4,5)11(15)16-14(6)9-7-8-10-14/h7-10H2,1-6H3. The van der Waals surface area contributed by atoms with Crippen LogP contribution in [0, 0.1) is 10.8 Å². The third-order valence-electron chi connectivity index (χ3n) is 4.39. The zero-order chi connectivity index (χ0) is 12.6. The molecule has 0 aromatic heterocycles. The molecule has 1 rings (SSSR count). The third-order valence-corrected chi connectivity index (χ3v) is 4.39. The Morgan fingerprint density at radius 2 is 1.50 bits per heavy atom. The van der Waals surface area contributed by atoms with Crippen LogP contribution >= 0.6 is 0 Å². The summed E-state index contributed by atoms with van der Waals surface area (Å²) in [5, 5.41) is 0. The van der Waals surface area contributed by atoms with Crippen molar-refractivity contribution in [2.75, 3.05) is 0 Å². The van der Waals surface area contributed by atoms with Gasteiger partial charge in [-0.15, -0.1) is 0 Å². The van der Waals surface area contributed by atoms with Crippen molar-refractivity contribution in [2.24, 2.45) is 10.8 Å². The van der Waals surface area contributed by atoms with E-state index in [2.05, 4.69) is 27.7 Å². The summed E-state index contributed by atoms with van der Waals surface area (Å²) in [4.78, 5) is 12.3. The lowest BCUT2D eigenvalue weighted by Crippen LogP contribution is -2.43. The molecule has 94 valence electrons. The maximum absolute atomic E-state index is 12.3. The number of esters is 1. The van der Waals surface area contributed by atoms with Gasteiger partial charge in [0.05, 0.1) is 5.41 Å². The summed E-state index contributed by atoms with van der Waals surface area (Å²) >= 11 is 0. The Morgan fingerprint density at radius 3 is 1.88 bits per heavy atom. The maximum atomic E-state index is 12.3. The van der Waals surface area contributed by atoms with E-state index in [1.54, 1.807) is 0 Å². The highest BCUT2D eigenvalue weighted by molar-refractivity contribution is 5.77. The van der Waals surface area contributed by atoms with Crippen LogP contribution < -0.4 is 0 Å². The van der Waals surface area contributed by atoms with E-state index in [1.165, 1.54) is 12.8 Å². The molecule has 1 saturated carbocycles. The molecule has 2 nitrogen and oxygen atoms in total. The fraction of sp³-hybridized carbons (Fsp3) is 0.929. The summed E-state index contributed by atoms with van der Waals surface area (Å²) in [5.74, 6) is -0.0515. The number of rotatable bonds is 2. The van der Waals surface area contributed by atoms with Crippen LogP contribution in [0.3, 0.4) is 0 Å². The summed E-state index contributed by atoms with van der Waals surface area (Å²) in [6.45, 7) is 12.3. The molecule has 0 amide bonds. The minimum Gasteiger partial charge on any atom is -0.459 e. The maximum Gasteiger partial charge on any atom is 0.312 e. The fourth-order valence-corrected chi connectivity index (χ4v) is 1.88. The lowest BCUT2D eigenvalue weighted by molar-refractivity contribution is -0.174. The molecule has 1 aliphatic carbocycles. The van der Waals surface area contributed by atoms with Gasteiger partial charge in [-0.1, -0.05) is 20.8 Å². The molecule has 0 aromatic rings. The van der Waals surface area contributed by atoms with Gasteiger partial charge in [-0.25, -0.2) is 0 Å². The van der Waals surface area contributed by atoms with Crippen molar-refractivity contribution in [3.63, 3.8) is 0 Å². The first-order valence-corrected chi connectivity index (χ1v) is 6.32. The highest BCUT2D eigenvalue weighted by atomic mass is 16.6. The average molecular weight is 226 g/mol. The first-order chi connectivity index (χ1) is 7.08. The summed E-state index contributed by atoms with van der Waals surface area (Å²) in [6, 6.07) is 0. The molecule has 0 spiro atoms. The molecule has 0 unspecified atom stereocenters. The van der Waals surface area contributed by atoms with Crippen LogP contribution in [0.4, 0.5) is 0 Å². The molecule has 0 atom stereocenters. The zero-order valence-corrected chi connectivity index (χ0v) is 11.6. The first-order valence-electron chi connectivity index (χ1n) is 6.32. The molecule has 0 heterocycles. The van der Waals surface area contributed by atoms with Crippen molar-refractivity contribution in [1.29, 1.82) is 0 Å². The lowest BCUT2D eigenvalue weighted by Gasteiger charge is -2.39. The van der Waals surface area contributed by atoms with Crippen LogP contribution in [0.2, 0.25) is 0 Å². The topological polar surface area (TPSA) is 26.3 Å². The summed E-state index contributed by atoms with van der Waals surface area (Å²) in [6.07, 6.45) is 4.39. The predicted octanol–water partition coefficient (Wildman–Crippen LogP) is 3.93. The van der Waals surface area contributed by atoms with Gasteiger partial charge in [0.25, 0.3) is 0 Å². The van der Waals surface area contributed by atoms with E-state index in [4.69, 9.17) is 4.74 Å². The van der Waals surface area contributed by atoms with E-state index in [0.717, 1.165) is 12.8 Å². The second kappa shape index (κ2) is 4.05. The molecule has 0 saturated heterocycles. The van der Waals surface area contributed by atoms with Crippen LogP contribution in [-0.2, 0) is 9.53 Å². The Labute approximate surface area is 99.8 Å². The van der Waals surface area contributed by atoms with E-state index in [1.807, 2.05) is 13.8 Å². The molecule has 1 fully saturated rings. The van der Waals surface area contributed by atoms with Gasteiger partial charge in [-0.2, -0.15) is 0 Å². The molecule has 0 radical (unpaired) electrons. The van der Waals surface area contributed by atoms with Crippen molar-refractivity contribution < 1.29 is 9.53 Å². The molecule has 16 heavy (non-hydrogen) atoms. The lowest BCUT2D eigenvalue weighted by atomic mass is 9.69. The van der Waals surface area contributed by atoms with Crippen LogP contribution in [-0.4, -0.2) is 11.6 Å². The minimum absolute atomic E-state index is 0.0515. The van der Waals surface area contributed by atoms with Gasteiger partial charge >= 0.3 is 5.97 Å². The summed E-state index contributed by atoms with van der Waals surface area (Å²) < 4.78 is 5.75. The summed E-state index contributed by atoms with van der Waals surface area (Å²) in [7, 11) is 0. The number of ether oxygens (including phenoxy) is 1. The van der Waals surface area contributed by atoms with Gasteiger partial charge in [-0.05, 0) is 51.9 Å². The molecule has 0 aromatic carbocycles. The van der Waals surface area contributed by atoms with Crippen LogP contribution in [0.25, 0.3) is 0 Å². The first kappa shape index (κ1) is 13.5. The highest BCUT2D eigenvalue weighted by Crippen LogP contribution is 2.42. The van der Waals surface area contributed by atoms with Crippen molar-refractivity contribution in [2.45, 2.75) is 72.8 Å². The second-order valence-corrected chi connectivity index (χ2v) is 6.92. The molecule has 0 aliphatic heterocycles. The molecule has 1 aliphatic rings. The summed E-state index contributed by atoms with van der Waals surface area (Å²) in [5.41, 5.74) is -0.711. The van der Waals surface area contributed by atoms with Crippen molar-refractivity contribution >= 4 is 5.97 Å². The molecule has 2 heteroatoms. The fourth-order valence-electron chi connectivity index (χ4n) is 1.88.